The Hall–Kier alpha value is -4.14. The largest absolute Gasteiger partial charge is 0.345 e. The van der Waals surface area contributed by atoms with Gasteiger partial charge >= 0.3 is 5.92 Å². The van der Waals surface area contributed by atoms with E-state index in [0.29, 0.717) is 23.7 Å². The van der Waals surface area contributed by atoms with Crippen LogP contribution in [0.4, 0.5) is 18.9 Å². The van der Waals surface area contributed by atoms with Crippen LogP contribution in [0.5, 0.6) is 0 Å². The van der Waals surface area contributed by atoms with Crippen LogP contribution in [0.3, 0.4) is 0 Å². The van der Waals surface area contributed by atoms with Crippen molar-refractivity contribution in [3.8, 4) is 0 Å². The molecule has 1 aliphatic heterocycles. The van der Waals surface area contributed by atoms with Gasteiger partial charge in [-0.2, -0.15) is 13.9 Å². The number of anilines is 1. The third-order valence-electron chi connectivity index (χ3n) is 6.36. The Balaban J connectivity index is 1.50. The number of hydrogen-bond acceptors (Lipinski definition) is 3. The molecule has 3 aromatic carbocycles. The fraction of sp³-hybridized carbons (Fsp3) is 0.222. The molecular weight excluding hydrogens is 469 g/mol. The highest BCUT2D eigenvalue weighted by molar-refractivity contribution is 6.00. The van der Waals surface area contributed by atoms with E-state index in [2.05, 4.69) is 10.4 Å². The Kier molecular flexibility index (Phi) is 5.99. The fourth-order valence-electron chi connectivity index (χ4n) is 4.63. The topological polar surface area (TPSA) is 67.2 Å². The smallest absolute Gasteiger partial charge is 0.321 e. The first-order valence-electron chi connectivity index (χ1n) is 11.5. The average molecular weight is 493 g/mol. The number of alkyl halides is 2. The Bertz CT molecular complexity index is 1430. The van der Waals surface area contributed by atoms with Crippen LogP contribution in [0.2, 0.25) is 0 Å². The van der Waals surface area contributed by atoms with Crippen molar-refractivity contribution in [1.29, 1.82) is 0 Å². The molecule has 0 radical (unpaired) electrons. The molecule has 1 N–H and O–H groups in total. The van der Waals surface area contributed by atoms with E-state index in [4.69, 9.17) is 0 Å². The second kappa shape index (κ2) is 9.14. The molecule has 36 heavy (non-hydrogen) atoms. The summed E-state index contributed by atoms with van der Waals surface area (Å²) in [6.45, 7) is 0.769. The van der Waals surface area contributed by atoms with Crippen molar-refractivity contribution < 1.29 is 22.8 Å². The zero-order valence-electron chi connectivity index (χ0n) is 19.4. The van der Waals surface area contributed by atoms with Crippen LogP contribution in [0.25, 0.3) is 10.9 Å². The minimum absolute atomic E-state index is 0.119. The van der Waals surface area contributed by atoms with Crippen molar-refractivity contribution in [2.45, 2.75) is 37.9 Å². The van der Waals surface area contributed by atoms with Gasteiger partial charge in [0, 0.05) is 30.0 Å². The maximum Gasteiger partial charge on any atom is 0.321 e. The van der Waals surface area contributed by atoms with Crippen LogP contribution in [0.15, 0.2) is 79.0 Å². The first-order valence-corrected chi connectivity index (χ1v) is 11.5. The van der Waals surface area contributed by atoms with E-state index in [1.807, 2.05) is 6.07 Å². The molecule has 9 heteroatoms. The highest BCUT2D eigenvalue weighted by Gasteiger charge is 2.45. The van der Waals surface area contributed by atoms with Gasteiger partial charge in [-0.25, -0.2) is 4.39 Å². The number of amides is 2. The van der Waals surface area contributed by atoms with E-state index >= 15 is 0 Å². The molecule has 2 atom stereocenters. The number of hydrogen-bond donors (Lipinski definition) is 1. The number of nitrogens with zero attached hydrogens (tertiary/aromatic N) is 3. The van der Waals surface area contributed by atoms with Crippen molar-refractivity contribution >= 4 is 28.4 Å². The minimum atomic E-state index is -3.57. The Morgan fingerprint density at radius 1 is 1.08 bits per heavy atom. The lowest BCUT2D eigenvalue weighted by molar-refractivity contribution is -0.143. The van der Waals surface area contributed by atoms with Crippen LogP contribution in [-0.2, 0) is 16.1 Å². The highest BCUT2D eigenvalue weighted by Crippen LogP contribution is 2.38. The number of nitrogens with one attached hydrogen (secondary N) is 1. The van der Waals surface area contributed by atoms with Gasteiger partial charge in [-0.1, -0.05) is 48.5 Å². The van der Waals surface area contributed by atoms with E-state index in [0.717, 1.165) is 10.9 Å². The second-order valence-corrected chi connectivity index (χ2v) is 8.93. The molecule has 1 aromatic heterocycles. The van der Waals surface area contributed by atoms with Gasteiger partial charge in [0.2, 0.25) is 5.91 Å². The molecule has 6 nitrogen and oxygen atoms in total. The van der Waals surface area contributed by atoms with Gasteiger partial charge in [0.1, 0.15) is 5.82 Å². The van der Waals surface area contributed by atoms with Gasteiger partial charge < -0.3 is 10.2 Å². The number of carbonyl (C=O) groups excluding carboxylic acids is 2. The summed E-state index contributed by atoms with van der Waals surface area (Å²) in [5.41, 5.74) is 2.51. The number of carbonyl (C=O) groups is 2. The van der Waals surface area contributed by atoms with Crippen molar-refractivity contribution in [3.05, 3.63) is 95.9 Å². The Labute approximate surface area is 205 Å². The zero-order valence-corrected chi connectivity index (χ0v) is 19.4. The number of fused-ring (bicyclic) bond motifs is 1. The van der Waals surface area contributed by atoms with Gasteiger partial charge in [0.15, 0.2) is 0 Å². The summed E-state index contributed by atoms with van der Waals surface area (Å²) in [6, 6.07) is 19.3. The molecule has 1 aliphatic rings. The molecule has 5 rings (SSSR count). The first kappa shape index (κ1) is 23.6. The molecule has 0 aliphatic carbocycles. The Morgan fingerprint density at radius 3 is 2.53 bits per heavy atom. The first-order chi connectivity index (χ1) is 17.2. The maximum absolute atomic E-state index is 14.1. The van der Waals surface area contributed by atoms with Crippen molar-refractivity contribution in [2.75, 3.05) is 4.90 Å². The standard InChI is InChI=1S/C27H23F3N4O2/c1-27(29,30)26(36)32-22-14-24(35)34(25(22)17-7-3-2-4-8-17)20-11-12-23-19(13-20)15-31-33(23)16-18-9-5-6-10-21(18)28/h2-13,15,22,25H,14,16H2,1H3,(H,32,36)/t22-,25+/m0/s1. The van der Waals surface area contributed by atoms with Crippen molar-refractivity contribution in [3.63, 3.8) is 0 Å². The Morgan fingerprint density at radius 2 is 1.81 bits per heavy atom. The molecule has 0 spiro atoms. The molecular formula is C27H23F3N4O2. The zero-order chi connectivity index (χ0) is 25.4. The number of halogens is 3. The average Bonchev–Trinajstić information content (AvgIpc) is 3.40. The normalized spacial score (nSPS) is 18.1. The number of aromatic nitrogens is 2. The van der Waals surface area contributed by atoms with E-state index < -0.39 is 23.9 Å². The van der Waals surface area contributed by atoms with Crippen LogP contribution < -0.4 is 10.2 Å². The summed E-state index contributed by atoms with van der Waals surface area (Å²) < 4.78 is 43.1. The third-order valence-corrected chi connectivity index (χ3v) is 6.36. The molecule has 1 saturated heterocycles. The monoisotopic (exact) mass is 492 g/mol. The van der Waals surface area contributed by atoms with Gasteiger partial charge in [0.05, 0.1) is 30.3 Å². The predicted molar refractivity (Wildman–Crippen MR) is 129 cm³/mol. The fourth-order valence-corrected chi connectivity index (χ4v) is 4.63. The van der Waals surface area contributed by atoms with Crippen LogP contribution in [0.1, 0.15) is 30.5 Å². The summed E-state index contributed by atoms with van der Waals surface area (Å²) >= 11 is 0. The van der Waals surface area contributed by atoms with Gasteiger partial charge in [-0.15, -0.1) is 0 Å². The summed E-state index contributed by atoms with van der Waals surface area (Å²) in [5.74, 6) is -5.61. The summed E-state index contributed by atoms with van der Waals surface area (Å²) in [5, 5.41) is 7.48. The number of benzene rings is 3. The molecule has 4 aromatic rings. The van der Waals surface area contributed by atoms with Crippen LogP contribution in [-0.4, -0.2) is 33.6 Å². The highest BCUT2D eigenvalue weighted by atomic mass is 19.3. The van der Waals surface area contributed by atoms with E-state index in [1.54, 1.807) is 71.5 Å². The van der Waals surface area contributed by atoms with E-state index in [9.17, 15) is 22.8 Å². The van der Waals surface area contributed by atoms with E-state index in [1.165, 1.54) is 11.0 Å². The molecule has 2 heterocycles. The van der Waals surface area contributed by atoms with Crippen LogP contribution in [0, 0.1) is 5.82 Å². The molecule has 2 amide bonds. The quantitative estimate of drug-likeness (QED) is 0.419. The summed E-state index contributed by atoms with van der Waals surface area (Å²) in [7, 11) is 0. The molecule has 0 unspecified atom stereocenters. The molecule has 1 fully saturated rings. The summed E-state index contributed by atoms with van der Waals surface area (Å²) in [6.07, 6.45) is 1.51. The van der Waals surface area contributed by atoms with Crippen LogP contribution >= 0.6 is 0 Å². The number of rotatable bonds is 6. The lowest BCUT2D eigenvalue weighted by Crippen LogP contribution is -2.46. The van der Waals surface area contributed by atoms with Crippen molar-refractivity contribution in [2.24, 2.45) is 0 Å². The molecule has 0 saturated carbocycles. The van der Waals surface area contributed by atoms with Gasteiger partial charge in [-0.3, -0.25) is 14.3 Å². The minimum Gasteiger partial charge on any atom is -0.345 e. The third kappa shape index (κ3) is 4.44. The van der Waals surface area contributed by atoms with Crippen molar-refractivity contribution in [1.82, 2.24) is 15.1 Å². The predicted octanol–water partition coefficient (Wildman–Crippen LogP) is 4.84. The molecule has 0 bridgehead atoms. The summed E-state index contributed by atoms with van der Waals surface area (Å²) in [4.78, 5) is 26.7. The maximum atomic E-state index is 14.1. The SMILES string of the molecule is CC(F)(F)C(=O)N[C@H]1CC(=O)N(c2ccc3c(cnn3Cc3ccccc3F)c2)[C@@H]1c1ccccc1. The second-order valence-electron chi connectivity index (χ2n) is 8.93. The van der Waals surface area contributed by atoms with Gasteiger partial charge in [-0.05, 0) is 29.8 Å². The molecule has 184 valence electrons. The van der Waals surface area contributed by atoms with Gasteiger partial charge in [0.25, 0.3) is 5.91 Å². The lowest BCUT2D eigenvalue weighted by atomic mass is 9.99. The van der Waals surface area contributed by atoms with E-state index in [-0.39, 0.29) is 24.7 Å². The lowest BCUT2D eigenvalue weighted by Gasteiger charge is -2.29.